The Bertz CT molecular complexity index is 874. The first-order valence-electron chi connectivity index (χ1n) is 7.40. The quantitative estimate of drug-likeness (QED) is 0.880. The maximum atomic E-state index is 12.1. The van der Waals surface area contributed by atoms with Crippen LogP contribution in [-0.4, -0.2) is 38.7 Å². The van der Waals surface area contributed by atoms with Crippen molar-refractivity contribution in [1.29, 1.82) is 0 Å². The molecule has 1 amide bonds. The van der Waals surface area contributed by atoms with Crippen molar-refractivity contribution in [2.75, 3.05) is 13.6 Å². The first-order chi connectivity index (χ1) is 11.5. The molecular formula is C16H17N3O3S2. The van der Waals surface area contributed by atoms with Crippen LogP contribution in [0.25, 0.3) is 0 Å². The minimum absolute atomic E-state index is 0.0260. The Balaban J connectivity index is 1.62. The summed E-state index contributed by atoms with van der Waals surface area (Å²) in [6, 6.07) is 10.6. The van der Waals surface area contributed by atoms with Crippen LogP contribution >= 0.6 is 11.3 Å². The van der Waals surface area contributed by atoms with E-state index in [4.69, 9.17) is 0 Å². The smallest absolute Gasteiger partial charge is 0.263 e. The Hall–Kier alpha value is -2.19. The van der Waals surface area contributed by atoms with Crippen molar-refractivity contribution in [2.24, 2.45) is 4.99 Å². The van der Waals surface area contributed by atoms with E-state index in [1.54, 1.807) is 47.5 Å². The SMILES string of the molecule is CN(Cc1cccs1)C(=O)CCN=C1NS(=O)(=O)c2ccccc21. The molecule has 3 rings (SSSR count). The molecule has 0 fully saturated rings. The summed E-state index contributed by atoms with van der Waals surface area (Å²) in [4.78, 5) is 19.4. The molecule has 2 aromatic rings. The zero-order valence-corrected chi connectivity index (χ0v) is 14.7. The summed E-state index contributed by atoms with van der Waals surface area (Å²) in [5, 5.41) is 1.98. The fraction of sp³-hybridized carbons (Fsp3) is 0.250. The third kappa shape index (κ3) is 3.49. The van der Waals surface area contributed by atoms with E-state index in [-0.39, 0.29) is 23.8 Å². The van der Waals surface area contributed by atoms with E-state index in [9.17, 15) is 13.2 Å². The molecule has 1 aromatic carbocycles. The van der Waals surface area contributed by atoms with E-state index in [0.29, 0.717) is 17.9 Å². The average Bonchev–Trinajstić information content (AvgIpc) is 3.14. The fourth-order valence-corrected chi connectivity index (χ4v) is 4.44. The van der Waals surface area contributed by atoms with Crippen LogP contribution in [0.3, 0.4) is 0 Å². The van der Waals surface area contributed by atoms with Crippen LogP contribution < -0.4 is 4.72 Å². The number of rotatable bonds is 5. The molecule has 2 heterocycles. The van der Waals surface area contributed by atoms with Gasteiger partial charge in [-0.05, 0) is 23.6 Å². The van der Waals surface area contributed by atoms with E-state index in [1.807, 2.05) is 17.5 Å². The standard InChI is InChI=1S/C16H17N3O3S2/c1-19(11-12-5-4-10-23-12)15(20)8-9-17-16-13-6-2-3-7-14(13)24(21,22)18-16/h2-7,10H,8-9,11H2,1H3,(H,17,18). The topological polar surface area (TPSA) is 78.8 Å². The van der Waals surface area contributed by atoms with Gasteiger partial charge in [0, 0.05) is 23.9 Å². The van der Waals surface area contributed by atoms with Gasteiger partial charge in [-0.25, -0.2) is 8.42 Å². The molecule has 8 heteroatoms. The largest absolute Gasteiger partial charge is 0.341 e. The van der Waals surface area contributed by atoms with Crippen molar-refractivity contribution in [1.82, 2.24) is 9.62 Å². The van der Waals surface area contributed by atoms with Gasteiger partial charge in [-0.15, -0.1) is 11.3 Å². The summed E-state index contributed by atoms with van der Waals surface area (Å²) < 4.78 is 26.4. The highest BCUT2D eigenvalue weighted by Crippen LogP contribution is 2.22. The number of sulfonamides is 1. The molecule has 0 saturated carbocycles. The van der Waals surface area contributed by atoms with E-state index in [2.05, 4.69) is 9.71 Å². The van der Waals surface area contributed by atoms with Gasteiger partial charge in [0.05, 0.1) is 18.0 Å². The zero-order valence-electron chi connectivity index (χ0n) is 13.1. The number of amidine groups is 1. The number of benzene rings is 1. The van der Waals surface area contributed by atoms with E-state index in [1.165, 1.54) is 0 Å². The Labute approximate surface area is 144 Å². The molecule has 24 heavy (non-hydrogen) atoms. The summed E-state index contributed by atoms with van der Waals surface area (Å²) in [6.07, 6.45) is 0.231. The van der Waals surface area contributed by atoms with Crippen LogP contribution in [0.4, 0.5) is 0 Å². The molecule has 1 N–H and O–H groups in total. The number of carbonyl (C=O) groups is 1. The van der Waals surface area contributed by atoms with E-state index in [0.717, 1.165) is 4.88 Å². The molecule has 0 saturated heterocycles. The van der Waals surface area contributed by atoms with Gasteiger partial charge in [-0.2, -0.15) is 0 Å². The van der Waals surface area contributed by atoms with Crippen LogP contribution in [0.5, 0.6) is 0 Å². The number of aliphatic imine (C=N–C) groups is 1. The van der Waals surface area contributed by atoms with Crippen LogP contribution in [0, 0.1) is 0 Å². The minimum atomic E-state index is -3.53. The van der Waals surface area contributed by atoms with Gasteiger partial charge in [0.15, 0.2) is 0 Å². The lowest BCUT2D eigenvalue weighted by Crippen LogP contribution is -2.27. The third-order valence-corrected chi connectivity index (χ3v) is 5.92. The van der Waals surface area contributed by atoms with Crippen molar-refractivity contribution in [3.8, 4) is 0 Å². The first-order valence-corrected chi connectivity index (χ1v) is 9.77. The van der Waals surface area contributed by atoms with Crippen molar-refractivity contribution in [2.45, 2.75) is 17.9 Å². The van der Waals surface area contributed by atoms with Gasteiger partial charge in [-0.1, -0.05) is 18.2 Å². The van der Waals surface area contributed by atoms with Crippen molar-refractivity contribution in [3.05, 3.63) is 52.2 Å². The first kappa shape index (κ1) is 16.7. The lowest BCUT2D eigenvalue weighted by molar-refractivity contribution is -0.130. The molecule has 6 nitrogen and oxygen atoms in total. The molecular weight excluding hydrogens is 346 g/mol. The Morgan fingerprint density at radius 1 is 1.25 bits per heavy atom. The lowest BCUT2D eigenvalue weighted by atomic mass is 10.2. The van der Waals surface area contributed by atoms with Gasteiger partial charge in [0.1, 0.15) is 5.84 Å². The van der Waals surface area contributed by atoms with E-state index >= 15 is 0 Å². The van der Waals surface area contributed by atoms with Gasteiger partial charge in [0.25, 0.3) is 10.0 Å². The van der Waals surface area contributed by atoms with Crippen LogP contribution in [0.1, 0.15) is 16.9 Å². The lowest BCUT2D eigenvalue weighted by Gasteiger charge is -2.15. The highest BCUT2D eigenvalue weighted by atomic mass is 32.2. The van der Waals surface area contributed by atoms with Crippen LogP contribution in [0.2, 0.25) is 0 Å². The highest BCUT2D eigenvalue weighted by molar-refractivity contribution is 7.90. The summed E-state index contributed by atoms with van der Waals surface area (Å²) in [7, 11) is -1.78. The zero-order chi connectivity index (χ0) is 17.2. The van der Waals surface area contributed by atoms with Gasteiger partial charge >= 0.3 is 0 Å². The number of nitrogens with one attached hydrogen (secondary N) is 1. The fourth-order valence-electron chi connectivity index (χ4n) is 2.43. The molecule has 0 unspecified atom stereocenters. The molecule has 126 valence electrons. The number of fused-ring (bicyclic) bond motifs is 1. The monoisotopic (exact) mass is 363 g/mol. The second kappa shape index (κ2) is 6.74. The maximum Gasteiger partial charge on any atom is 0.263 e. The molecule has 1 aliphatic heterocycles. The molecule has 0 bridgehead atoms. The molecule has 0 aliphatic carbocycles. The predicted octanol–water partition coefficient (Wildman–Crippen LogP) is 1.84. The minimum Gasteiger partial charge on any atom is -0.341 e. The molecule has 0 radical (unpaired) electrons. The second-order valence-corrected chi connectivity index (χ2v) is 8.09. The number of thiophene rings is 1. The third-order valence-electron chi connectivity index (χ3n) is 3.66. The molecule has 0 spiro atoms. The van der Waals surface area contributed by atoms with Crippen molar-refractivity contribution in [3.63, 3.8) is 0 Å². The van der Waals surface area contributed by atoms with Crippen LogP contribution in [0.15, 0.2) is 51.7 Å². The molecule has 1 aliphatic rings. The summed E-state index contributed by atoms with van der Waals surface area (Å²) in [6.45, 7) is 0.808. The Morgan fingerprint density at radius 2 is 2.04 bits per heavy atom. The Kier molecular flexibility index (Phi) is 4.68. The maximum absolute atomic E-state index is 12.1. The second-order valence-electron chi connectivity index (χ2n) is 5.41. The highest BCUT2D eigenvalue weighted by Gasteiger charge is 2.29. The van der Waals surface area contributed by atoms with Gasteiger partial charge < -0.3 is 4.90 Å². The molecule has 1 aromatic heterocycles. The predicted molar refractivity (Wildman–Crippen MR) is 93.6 cm³/mol. The molecule has 0 atom stereocenters. The van der Waals surface area contributed by atoms with Gasteiger partial charge in [0.2, 0.25) is 5.91 Å². The number of carbonyl (C=O) groups excluding carboxylic acids is 1. The van der Waals surface area contributed by atoms with E-state index < -0.39 is 10.0 Å². The number of amides is 1. The van der Waals surface area contributed by atoms with Gasteiger partial charge in [-0.3, -0.25) is 14.5 Å². The number of hydrogen-bond donors (Lipinski definition) is 1. The number of hydrogen-bond acceptors (Lipinski definition) is 5. The Morgan fingerprint density at radius 3 is 2.79 bits per heavy atom. The summed E-state index contributed by atoms with van der Waals surface area (Å²) >= 11 is 1.61. The van der Waals surface area contributed by atoms with Crippen molar-refractivity contribution >= 4 is 33.1 Å². The average molecular weight is 363 g/mol. The number of nitrogens with zero attached hydrogens (tertiary/aromatic N) is 2. The summed E-state index contributed by atoms with van der Waals surface area (Å²) in [5.41, 5.74) is 0.553. The van der Waals surface area contributed by atoms with Crippen molar-refractivity contribution < 1.29 is 13.2 Å². The van der Waals surface area contributed by atoms with Crippen LogP contribution in [-0.2, 0) is 21.4 Å². The normalized spacial score (nSPS) is 16.6. The summed E-state index contributed by atoms with van der Waals surface area (Å²) in [5.74, 6) is 0.279.